The van der Waals surface area contributed by atoms with Gasteiger partial charge in [-0.3, -0.25) is 0 Å². The van der Waals surface area contributed by atoms with Gasteiger partial charge in [0.15, 0.2) is 0 Å². The van der Waals surface area contributed by atoms with Crippen LogP contribution in [0.25, 0.3) is 0 Å². The molecule has 1 heterocycles. The Bertz CT molecular complexity index is 398. The first-order valence-electron chi connectivity index (χ1n) is 7.49. The van der Waals surface area contributed by atoms with Crippen molar-refractivity contribution in [2.45, 2.75) is 39.7 Å². The van der Waals surface area contributed by atoms with Crippen LogP contribution in [0.2, 0.25) is 5.02 Å². The first-order chi connectivity index (χ1) is 9.26. The molecule has 0 unspecified atom stereocenters. The van der Waals surface area contributed by atoms with Gasteiger partial charge >= 0.3 is 0 Å². The van der Waals surface area contributed by atoms with E-state index in [0.29, 0.717) is 0 Å². The van der Waals surface area contributed by atoms with E-state index in [4.69, 9.17) is 11.6 Å². The lowest BCUT2D eigenvalue weighted by atomic mass is 9.93. The molecule has 2 rings (SSSR count). The largest absolute Gasteiger partial charge is 0.370 e. The molecule has 0 spiro atoms. The number of benzene rings is 1. The Balaban J connectivity index is 2.14. The number of halogens is 1. The third-order valence-corrected chi connectivity index (χ3v) is 4.45. The zero-order valence-corrected chi connectivity index (χ0v) is 12.8. The van der Waals surface area contributed by atoms with Crippen LogP contribution in [0, 0.1) is 5.92 Å². The summed E-state index contributed by atoms with van der Waals surface area (Å²) in [5.41, 5.74) is 2.57. The molecular formula is C16H25ClN2. The molecule has 1 fully saturated rings. The van der Waals surface area contributed by atoms with Crippen LogP contribution in [0.3, 0.4) is 0 Å². The summed E-state index contributed by atoms with van der Waals surface area (Å²) in [7, 11) is 0. The Morgan fingerprint density at radius 3 is 2.63 bits per heavy atom. The van der Waals surface area contributed by atoms with E-state index in [9.17, 15) is 0 Å². The highest BCUT2D eigenvalue weighted by molar-refractivity contribution is 6.33. The van der Waals surface area contributed by atoms with Crippen molar-refractivity contribution in [3.63, 3.8) is 0 Å². The third-order valence-electron chi connectivity index (χ3n) is 4.14. The fourth-order valence-electron chi connectivity index (χ4n) is 2.88. The number of hydrogen-bond donors (Lipinski definition) is 1. The predicted octanol–water partition coefficient (Wildman–Crippen LogP) is 4.08. The summed E-state index contributed by atoms with van der Waals surface area (Å²) in [5, 5.41) is 4.30. The van der Waals surface area contributed by atoms with Gasteiger partial charge in [-0.1, -0.05) is 44.0 Å². The number of rotatable bonds is 5. The molecule has 1 saturated heterocycles. The van der Waals surface area contributed by atoms with E-state index in [2.05, 4.69) is 36.2 Å². The SMILES string of the molecule is CCNCc1cccc(Cl)c1N1CCC(CC)CC1. The summed E-state index contributed by atoms with van der Waals surface area (Å²) in [4.78, 5) is 2.47. The maximum atomic E-state index is 6.44. The molecule has 1 aliphatic heterocycles. The van der Waals surface area contributed by atoms with Crippen molar-refractivity contribution in [2.75, 3.05) is 24.5 Å². The number of nitrogens with one attached hydrogen (secondary N) is 1. The van der Waals surface area contributed by atoms with Gasteiger partial charge in [-0.25, -0.2) is 0 Å². The number of anilines is 1. The summed E-state index contributed by atoms with van der Waals surface area (Å²) in [6, 6.07) is 6.26. The molecule has 1 aliphatic rings. The fraction of sp³-hybridized carbons (Fsp3) is 0.625. The van der Waals surface area contributed by atoms with Gasteiger partial charge in [0.1, 0.15) is 0 Å². The standard InChI is InChI=1S/C16H25ClN2/c1-3-13-8-10-19(11-9-13)16-14(12-18-4-2)6-5-7-15(16)17/h5-7,13,18H,3-4,8-12H2,1-2H3. The monoisotopic (exact) mass is 280 g/mol. The highest BCUT2D eigenvalue weighted by atomic mass is 35.5. The Labute approximate surface area is 122 Å². The van der Waals surface area contributed by atoms with E-state index in [-0.39, 0.29) is 0 Å². The summed E-state index contributed by atoms with van der Waals surface area (Å²) in [6.45, 7) is 8.61. The zero-order chi connectivity index (χ0) is 13.7. The molecule has 106 valence electrons. The van der Waals surface area contributed by atoms with E-state index in [0.717, 1.165) is 37.1 Å². The van der Waals surface area contributed by atoms with Crippen molar-refractivity contribution in [1.29, 1.82) is 0 Å². The molecule has 19 heavy (non-hydrogen) atoms. The summed E-state index contributed by atoms with van der Waals surface area (Å²) >= 11 is 6.44. The van der Waals surface area contributed by atoms with Crippen molar-refractivity contribution in [3.05, 3.63) is 28.8 Å². The van der Waals surface area contributed by atoms with Crippen molar-refractivity contribution < 1.29 is 0 Å². The lowest BCUT2D eigenvalue weighted by Crippen LogP contribution is -2.34. The van der Waals surface area contributed by atoms with Crippen LogP contribution in [0.1, 0.15) is 38.7 Å². The Morgan fingerprint density at radius 1 is 1.26 bits per heavy atom. The molecule has 2 nitrogen and oxygen atoms in total. The maximum Gasteiger partial charge on any atom is 0.0642 e. The molecule has 0 saturated carbocycles. The van der Waals surface area contributed by atoms with Crippen LogP contribution in [0.4, 0.5) is 5.69 Å². The van der Waals surface area contributed by atoms with Crippen molar-refractivity contribution in [3.8, 4) is 0 Å². The van der Waals surface area contributed by atoms with Gasteiger partial charge in [0.25, 0.3) is 0 Å². The van der Waals surface area contributed by atoms with Crippen molar-refractivity contribution >= 4 is 17.3 Å². The Hall–Kier alpha value is -0.730. The van der Waals surface area contributed by atoms with Gasteiger partial charge in [-0.15, -0.1) is 0 Å². The average molecular weight is 281 g/mol. The lowest BCUT2D eigenvalue weighted by Gasteiger charge is -2.35. The predicted molar refractivity (Wildman–Crippen MR) is 84.1 cm³/mol. The van der Waals surface area contributed by atoms with Crippen molar-refractivity contribution in [2.24, 2.45) is 5.92 Å². The van der Waals surface area contributed by atoms with E-state index in [1.54, 1.807) is 0 Å². The van der Waals surface area contributed by atoms with Crippen LogP contribution in [0.15, 0.2) is 18.2 Å². The normalized spacial score (nSPS) is 16.9. The van der Waals surface area contributed by atoms with Gasteiger partial charge in [0.05, 0.1) is 10.7 Å². The number of nitrogens with zero attached hydrogens (tertiary/aromatic N) is 1. The third kappa shape index (κ3) is 3.64. The first-order valence-corrected chi connectivity index (χ1v) is 7.87. The minimum absolute atomic E-state index is 0.894. The molecule has 0 bridgehead atoms. The molecule has 0 aliphatic carbocycles. The quantitative estimate of drug-likeness (QED) is 0.874. The highest BCUT2D eigenvalue weighted by Gasteiger charge is 2.21. The smallest absolute Gasteiger partial charge is 0.0642 e. The molecular weight excluding hydrogens is 256 g/mol. The van der Waals surface area contributed by atoms with E-state index in [1.807, 2.05) is 6.07 Å². The first kappa shape index (κ1) is 14.7. The molecule has 0 atom stereocenters. The Morgan fingerprint density at radius 2 is 2.00 bits per heavy atom. The van der Waals surface area contributed by atoms with E-state index >= 15 is 0 Å². The molecule has 0 radical (unpaired) electrons. The lowest BCUT2D eigenvalue weighted by molar-refractivity contribution is 0.394. The second-order valence-electron chi connectivity index (χ2n) is 5.37. The number of para-hydroxylation sites is 1. The van der Waals surface area contributed by atoms with Crippen LogP contribution < -0.4 is 10.2 Å². The van der Waals surface area contributed by atoms with Crippen LogP contribution >= 0.6 is 11.6 Å². The molecule has 0 amide bonds. The molecule has 1 aromatic rings. The van der Waals surface area contributed by atoms with Crippen LogP contribution in [-0.4, -0.2) is 19.6 Å². The second kappa shape index (κ2) is 7.16. The molecule has 1 N–H and O–H groups in total. The summed E-state index contributed by atoms with van der Waals surface area (Å²) < 4.78 is 0. The fourth-order valence-corrected chi connectivity index (χ4v) is 3.19. The van der Waals surface area contributed by atoms with Gasteiger partial charge in [0.2, 0.25) is 0 Å². The number of piperidine rings is 1. The summed E-state index contributed by atoms with van der Waals surface area (Å²) in [5.74, 6) is 0.899. The minimum atomic E-state index is 0.894. The van der Waals surface area contributed by atoms with Gasteiger partial charge in [0, 0.05) is 19.6 Å². The van der Waals surface area contributed by atoms with Crippen LogP contribution in [0.5, 0.6) is 0 Å². The average Bonchev–Trinajstić information content (AvgIpc) is 2.45. The van der Waals surface area contributed by atoms with Gasteiger partial charge in [-0.2, -0.15) is 0 Å². The maximum absolute atomic E-state index is 6.44. The van der Waals surface area contributed by atoms with Gasteiger partial charge in [-0.05, 0) is 36.9 Å². The molecule has 1 aromatic carbocycles. The van der Waals surface area contributed by atoms with Crippen LogP contribution in [-0.2, 0) is 6.54 Å². The molecule has 3 heteroatoms. The minimum Gasteiger partial charge on any atom is -0.370 e. The number of hydrogen-bond acceptors (Lipinski definition) is 2. The zero-order valence-electron chi connectivity index (χ0n) is 12.1. The molecule has 0 aromatic heterocycles. The highest BCUT2D eigenvalue weighted by Crippen LogP contribution is 2.33. The Kier molecular flexibility index (Phi) is 5.53. The summed E-state index contributed by atoms with van der Waals surface area (Å²) in [6.07, 6.45) is 3.89. The second-order valence-corrected chi connectivity index (χ2v) is 5.77. The topological polar surface area (TPSA) is 15.3 Å². The van der Waals surface area contributed by atoms with Gasteiger partial charge < -0.3 is 10.2 Å². The van der Waals surface area contributed by atoms with E-state index in [1.165, 1.54) is 30.5 Å². The van der Waals surface area contributed by atoms with Crippen molar-refractivity contribution in [1.82, 2.24) is 5.32 Å². The van der Waals surface area contributed by atoms with E-state index < -0.39 is 0 Å².